The molecule has 0 radical (unpaired) electrons. The highest BCUT2D eigenvalue weighted by atomic mass is 16.5. The van der Waals surface area contributed by atoms with Crippen molar-refractivity contribution in [3.63, 3.8) is 0 Å². The molecule has 3 aromatic carbocycles. The number of benzene rings is 3. The minimum atomic E-state index is -0.976. The summed E-state index contributed by atoms with van der Waals surface area (Å²) in [6, 6.07) is 20.8. The molecule has 2 atom stereocenters. The van der Waals surface area contributed by atoms with Gasteiger partial charge in [0.2, 0.25) is 0 Å². The molecule has 8 nitrogen and oxygen atoms in total. The molecular formula is C30H31N3O5. The van der Waals surface area contributed by atoms with Crippen LogP contribution in [0.15, 0.2) is 79.3 Å². The van der Waals surface area contributed by atoms with Crippen LogP contribution >= 0.6 is 0 Å². The van der Waals surface area contributed by atoms with Crippen molar-refractivity contribution >= 4 is 11.6 Å². The van der Waals surface area contributed by atoms with Gasteiger partial charge in [-0.3, -0.25) is 4.79 Å². The number of amides is 1. The van der Waals surface area contributed by atoms with Crippen LogP contribution in [0.2, 0.25) is 0 Å². The lowest BCUT2D eigenvalue weighted by Crippen LogP contribution is -2.43. The number of methoxy groups -OCH3 is 2. The number of aryl methyl sites for hydroxylation is 1. The van der Waals surface area contributed by atoms with Crippen LogP contribution in [-0.2, 0) is 28.7 Å². The molecule has 2 unspecified atom stereocenters. The summed E-state index contributed by atoms with van der Waals surface area (Å²) in [5, 5.41) is 0. The van der Waals surface area contributed by atoms with E-state index in [-0.39, 0.29) is 12.5 Å². The van der Waals surface area contributed by atoms with Crippen LogP contribution in [0.25, 0.3) is 0 Å². The average molecular weight is 514 g/mol. The Kier molecular flexibility index (Phi) is 6.82. The van der Waals surface area contributed by atoms with Crippen molar-refractivity contribution in [1.82, 2.24) is 9.55 Å². The van der Waals surface area contributed by atoms with Gasteiger partial charge in [0, 0.05) is 30.4 Å². The highest BCUT2D eigenvalue weighted by molar-refractivity contribution is 5.96. The Morgan fingerprint density at radius 2 is 1.76 bits per heavy atom. The van der Waals surface area contributed by atoms with Gasteiger partial charge in [-0.25, -0.2) is 4.98 Å². The van der Waals surface area contributed by atoms with Gasteiger partial charge in [-0.15, -0.1) is 0 Å². The number of carbonyl (C=O) groups excluding carboxylic acids is 1. The molecule has 4 bridgehead atoms. The van der Waals surface area contributed by atoms with E-state index >= 15 is 0 Å². The van der Waals surface area contributed by atoms with Gasteiger partial charge in [0.15, 0.2) is 0 Å². The summed E-state index contributed by atoms with van der Waals surface area (Å²) >= 11 is 0. The summed E-state index contributed by atoms with van der Waals surface area (Å²) in [4.78, 5) is 20.1. The van der Waals surface area contributed by atoms with Gasteiger partial charge in [-0.2, -0.15) is 0 Å². The standard InChI is InChI=1S/C30H31N3O5/c1-20-29(34)33(18-21-12-13-24(35-4)16-27(21)36-5)23-9-7-11-26(15-23)37-25-10-6-8-22(14-25)30(2,38-20)28-17-31-19-32(28)3/h6-17,19-20H,18H2,1-5H3. The number of hydrogen-bond acceptors (Lipinski definition) is 6. The van der Waals surface area contributed by atoms with Gasteiger partial charge in [0.05, 0.1) is 39.0 Å². The first-order valence-corrected chi connectivity index (χ1v) is 12.4. The summed E-state index contributed by atoms with van der Waals surface area (Å²) in [7, 11) is 5.12. The van der Waals surface area contributed by atoms with Gasteiger partial charge in [0.1, 0.15) is 34.7 Å². The predicted octanol–water partition coefficient (Wildman–Crippen LogP) is 5.45. The highest BCUT2D eigenvalue weighted by Crippen LogP contribution is 2.38. The zero-order chi connectivity index (χ0) is 26.9. The minimum Gasteiger partial charge on any atom is -0.497 e. The van der Waals surface area contributed by atoms with E-state index in [1.165, 1.54) is 0 Å². The topological polar surface area (TPSA) is 75.0 Å². The first-order valence-electron chi connectivity index (χ1n) is 12.4. The Morgan fingerprint density at radius 3 is 2.47 bits per heavy atom. The molecule has 196 valence electrons. The molecule has 0 saturated heterocycles. The third-order valence-corrected chi connectivity index (χ3v) is 6.90. The molecule has 5 rings (SSSR count). The molecule has 0 spiro atoms. The summed E-state index contributed by atoms with van der Waals surface area (Å²) in [5.74, 6) is 2.38. The van der Waals surface area contributed by atoms with Crippen molar-refractivity contribution in [1.29, 1.82) is 0 Å². The molecule has 8 heteroatoms. The lowest BCUT2D eigenvalue weighted by molar-refractivity contribution is -0.138. The maximum absolute atomic E-state index is 14.1. The molecular weight excluding hydrogens is 482 g/mol. The molecule has 0 aliphatic carbocycles. The second-order valence-electron chi connectivity index (χ2n) is 9.41. The predicted molar refractivity (Wildman–Crippen MR) is 144 cm³/mol. The van der Waals surface area contributed by atoms with Crippen LogP contribution in [-0.4, -0.2) is 35.8 Å². The van der Waals surface area contributed by atoms with E-state index in [1.54, 1.807) is 38.6 Å². The van der Waals surface area contributed by atoms with Gasteiger partial charge in [-0.1, -0.05) is 18.2 Å². The molecule has 0 fully saturated rings. The van der Waals surface area contributed by atoms with Crippen molar-refractivity contribution in [3.05, 3.63) is 96.1 Å². The van der Waals surface area contributed by atoms with Crippen molar-refractivity contribution < 1.29 is 23.7 Å². The number of aromatic nitrogens is 2. The Morgan fingerprint density at radius 1 is 1.00 bits per heavy atom. The van der Waals surface area contributed by atoms with Crippen LogP contribution in [0.1, 0.15) is 30.7 Å². The highest BCUT2D eigenvalue weighted by Gasteiger charge is 2.38. The van der Waals surface area contributed by atoms with Gasteiger partial charge in [0.25, 0.3) is 5.91 Å². The fourth-order valence-electron chi connectivity index (χ4n) is 4.87. The van der Waals surface area contributed by atoms with Crippen LogP contribution in [0, 0.1) is 0 Å². The monoisotopic (exact) mass is 513 g/mol. The molecule has 1 amide bonds. The van der Waals surface area contributed by atoms with Crippen molar-refractivity contribution in [2.45, 2.75) is 32.1 Å². The number of fused-ring (bicyclic) bond motifs is 4. The minimum absolute atomic E-state index is 0.204. The average Bonchev–Trinajstić information content (AvgIpc) is 3.37. The number of ether oxygens (including phenoxy) is 4. The Bertz CT molecular complexity index is 1470. The number of hydrogen-bond donors (Lipinski definition) is 0. The quantitative estimate of drug-likeness (QED) is 0.354. The third kappa shape index (κ3) is 4.70. The third-order valence-electron chi connectivity index (χ3n) is 6.90. The first kappa shape index (κ1) is 25.4. The Hall–Kier alpha value is -4.30. The largest absolute Gasteiger partial charge is 0.497 e. The van der Waals surface area contributed by atoms with E-state index in [0.29, 0.717) is 28.7 Å². The summed E-state index contributed by atoms with van der Waals surface area (Å²) in [6.45, 7) is 4.00. The molecule has 1 aliphatic rings. The fraction of sp³-hybridized carbons (Fsp3) is 0.267. The van der Waals surface area contributed by atoms with Crippen molar-refractivity contribution in [3.8, 4) is 23.0 Å². The number of carbonyl (C=O) groups is 1. The molecule has 4 aromatic rings. The molecule has 1 aromatic heterocycles. The van der Waals surface area contributed by atoms with Crippen molar-refractivity contribution in [2.75, 3.05) is 19.1 Å². The maximum Gasteiger partial charge on any atom is 0.256 e. The second-order valence-corrected chi connectivity index (χ2v) is 9.41. The van der Waals surface area contributed by atoms with E-state index in [4.69, 9.17) is 18.9 Å². The van der Waals surface area contributed by atoms with Crippen LogP contribution in [0.4, 0.5) is 5.69 Å². The van der Waals surface area contributed by atoms with E-state index in [2.05, 4.69) is 4.98 Å². The zero-order valence-corrected chi connectivity index (χ0v) is 22.2. The van der Waals surface area contributed by atoms with E-state index in [0.717, 1.165) is 16.8 Å². The van der Waals surface area contributed by atoms with Crippen LogP contribution in [0.3, 0.4) is 0 Å². The number of nitrogens with zero attached hydrogens (tertiary/aromatic N) is 3. The lowest BCUT2D eigenvalue weighted by atomic mass is 9.91. The number of rotatable bonds is 5. The molecule has 0 N–H and O–H groups in total. The molecule has 1 aliphatic heterocycles. The van der Waals surface area contributed by atoms with Gasteiger partial charge < -0.3 is 28.4 Å². The normalized spacial score (nSPS) is 19.2. The second kappa shape index (κ2) is 10.2. The smallest absolute Gasteiger partial charge is 0.256 e. The Balaban J connectivity index is 1.63. The lowest BCUT2D eigenvalue weighted by Gasteiger charge is -2.36. The van der Waals surface area contributed by atoms with Gasteiger partial charge in [-0.05, 0) is 55.8 Å². The molecule has 38 heavy (non-hydrogen) atoms. The number of imidazole rings is 1. The van der Waals surface area contributed by atoms with Crippen LogP contribution < -0.4 is 19.1 Å². The van der Waals surface area contributed by atoms with Crippen LogP contribution in [0.5, 0.6) is 23.0 Å². The zero-order valence-electron chi connectivity index (χ0n) is 22.2. The van der Waals surface area contributed by atoms with Gasteiger partial charge >= 0.3 is 0 Å². The molecule has 2 heterocycles. The SMILES string of the molecule is COc1ccc(CN2C(=O)C(C)OC(C)(c3cncn3C)c3cccc(c3)Oc3cccc2c3)c(OC)c1. The van der Waals surface area contributed by atoms with Crippen molar-refractivity contribution in [2.24, 2.45) is 7.05 Å². The maximum atomic E-state index is 14.1. The van der Waals surface area contributed by atoms with E-state index in [9.17, 15) is 4.79 Å². The summed E-state index contributed by atoms with van der Waals surface area (Å²) < 4.78 is 25.8. The summed E-state index contributed by atoms with van der Waals surface area (Å²) in [6.07, 6.45) is 2.69. The molecule has 0 saturated carbocycles. The Labute approximate surface area is 222 Å². The first-order chi connectivity index (χ1) is 18.3. The van der Waals surface area contributed by atoms with E-state index in [1.807, 2.05) is 85.3 Å². The summed E-state index contributed by atoms with van der Waals surface area (Å²) in [5.41, 5.74) is 2.19. The number of anilines is 1. The van der Waals surface area contributed by atoms with E-state index < -0.39 is 11.7 Å². The fourth-order valence-corrected chi connectivity index (χ4v) is 4.87.